The van der Waals surface area contributed by atoms with Crippen molar-refractivity contribution in [2.75, 3.05) is 13.4 Å². The van der Waals surface area contributed by atoms with Crippen LogP contribution in [0.3, 0.4) is 0 Å². The molecule has 0 heterocycles. The van der Waals surface area contributed by atoms with Crippen LogP contribution in [-0.2, 0) is 9.59 Å². The second-order valence-corrected chi connectivity index (χ2v) is 5.11. The molecule has 0 saturated heterocycles. The van der Waals surface area contributed by atoms with Gasteiger partial charge in [0.05, 0.1) is 12.4 Å². The fourth-order valence-electron chi connectivity index (χ4n) is 1.45. The van der Waals surface area contributed by atoms with Crippen molar-refractivity contribution < 1.29 is 19.4 Å². The summed E-state index contributed by atoms with van der Waals surface area (Å²) in [6.07, 6.45) is 1.80. The van der Waals surface area contributed by atoms with Crippen LogP contribution in [0.4, 0.5) is 0 Å². The zero-order chi connectivity index (χ0) is 14.4. The molecule has 0 radical (unpaired) electrons. The van der Waals surface area contributed by atoms with Gasteiger partial charge in [0.1, 0.15) is 5.75 Å². The summed E-state index contributed by atoms with van der Waals surface area (Å²) in [5.74, 6) is -0.751. The van der Waals surface area contributed by atoms with Crippen LogP contribution in [0.2, 0.25) is 0 Å². The number of methoxy groups -OCH3 is 1. The molecule has 2 N–H and O–H groups in total. The third kappa shape index (κ3) is 4.17. The Balaban J connectivity index is 2.88. The van der Waals surface area contributed by atoms with Crippen molar-refractivity contribution in [3.63, 3.8) is 0 Å². The molecular formula is C13H17NO4S. The Bertz CT molecular complexity index is 446. The van der Waals surface area contributed by atoms with Crippen LogP contribution < -0.4 is 10.1 Å². The number of carboxylic acid groups (broad SMARTS) is 1. The molecule has 0 fully saturated rings. The fraction of sp³-hybridized carbons (Fsp3) is 0.385. The summed E-state index contributed by atoms with van der Waals surface area (Å²) in [5.41, 5.74) is 0.509. The number of hydrogen-bond donors (Lipinski definition) is 2. The van der Waals surface area contributed by atoms with Crippen molar-refractivity contribution in [2.45, 2.75) is 18.2 Å². The Morgan fingerprint density at radius 3 is 2.32 bits per heavy atom. The molecule has 0 aliphatic carbocycles. The lowest BCUT2D eigenvalue weighted by Gasteiger charge is -2.17. The number of amides is 1. The van der Waals surface area contributed by atoms with Crippen molar-refractivity contribution in [2.24, 2.45) is 0 Å². The molecule has 5 nitrogen and oxygen atoms in total. The molecule has 104 valence electrons. The van der Waals surface area contributed by atoms with Gasteiger partial charge in [-0.3, -0.25) is 4.79 Å². The molecule has 0 aromatic heterocycles. The molecule has 1 rings (SSSR count). The lowest BCUT2D eigenvalue weighted by Crippen LogP contribution is -2.38. The first-order valence-corrected chi connectivity index (χ1v) is 6.98. The smallest absolute Gasteiger partial charge is 0.330 e. The third-order valence-electron chi connectivity index (χ3n) is 2.71. The van der Waals surface area contributed by atoms with Crippen molar-refractivity contribution in [1.82, 2.24) is 5.32 Å². The zero-order valence-electron chi connectivity index (χ0n) is 11.0. The fourth-order valence-corrected chi connectivity index (χ4v) is 1.73. The lowest BCUT2D eigenvalue weighted by atomic mass is 10.1. The first kappa shape index (κ1) is 15.4. The number of aliphatic carboxylic acids is 1. The van der Waals surface area contributed by atoms with Gasteiger partial charge < -0.3 is 15.2 Å². The summed E-state index contributed by atoms with van der Waals surface area (Å²) in [6, 6.07) is 5.53. The predicted molar refractivity (Wildman–Crippen MR) is 74.5 cm³/mol. The van der Waals surface area contributed by atoms with E-state index in [1.807, 2.05) is 0 Å². The Hall–Kier alpha value is -1.69. The highest BCUT2D eigenvalue weighted by molar-refractivity contribution is 7.99. The van der Waals surface area contributed by atoms with Gasteiger partial charge in [0.25, 0.3) is 0 Å². The van der Waals surface area contributed by atoms with E-state index in [1.165, 1.54) is 18.9 Å². The maximum absolute atomic E-state index is 11.8. The Kier molecular flexibility index (Phi) is 5.69. The summed E-state index contributed by atoms with van der Waals surface area (Å²) < 4.78 is 5.01. The van der Waals surface area contributed by atoms with E-state index in [0.29, 0.717) is 11.3 Å². The maximum Gasteiger partial charge on any atom is 0.330 e. The number of thioether (sulfide) groups is 1. The summed E-state index contributed by atoms with van der Waals surface area (Å²) >= 11 is 1.36. The highest BCUT2D eigenvalue weighted by atomic mass is 32.2. The molecular weight excluding hydrogens is 266 g/mol. The van der Waals surface area contributed by atoms with Gasteiger partial charge in [-0.15, -0.1) is 0 Å². The number of hydrogen-bond acceptors (Lipinski definition) is 4. The minimum atomic E-state index is -1.09. The number of benzene rings is 1. The van der Waals surface area contributed by atoms with E-state index >= 15 is 0 Å². The van der Waals surface area contributed by atoms with Gasteiger partial charge in [-0.1, -0.05) is 12.1 Å². The second-order valence-electron chi connectivity index (χ2n) is 3.93. The first-order valence-electron chi connectivity index (χ1n) is 5.69. The zero-order valence-corrected chi connectivity index (χ0v) is 11.9. The second kappa shape index (κ2) is 7.04. The molecule has 0 aliphatic heterocycles. The van der Waals surface area contributed by atoms with Gasteiger partial charge >= 0.3 is 5.97 Å². The molecule has 0 aliphatic rings. The van der Waals surface area contributed by atoms with Crippen molar-refractivity contribution in [1.29, 1.82) is 0 Å². The minimum Gasteiger partial charge on any atom is -0.497 e. The van der Waals surface area contributed by atoms with E-state index in [1.54, 1.807) is 37.4 Å². The summed E-state index contributed by atoms with van der Waals surface area (Å²) in [5, 5.41) is 11.4. The highest BCUT2D eigenvalue weighted by Crippen LogP contribution is 2.19. The van der Waals surface area contributed by atoms with E-state index in [9.17, 15) is 14.7 Å². The van der Waals surface area contributed by atoms with Crippen LogP contribution >= 0.6 is 11.8 Å². The molecule has 2 atom stereocenters. The van der Waals surface area contributed by atoms with Crippen molar-refractivity contribution in [3.05, 3.63) is 29.8 Å². The van der Waals surface area contributed by atoms with E-state index in [0.717, 1.165) is 0 Å². The first-order chi connectivity index (χ1) is 8.99. The van der Waals surface area contributed by atoms with Crippen LogP contribution in [0, 0.1) is 0 Å². The maximum atomic E-state index is 11.8. The van der Waals surface area contributed by atoms with Gasteiger partial charge in [-0.25, -0.2) is 4.79 Å². The Morgan fingerprint density at radius 2 is 1.89 bits per heavy atom. The number of ether oxygens (including phenoxy) is 1. The molecule has 0 saturated carbocycles. The minimum absolute atomic E-state index is 0.292. The van der Waals surface area contributed by atoms with Crippen LogP contribution in [0.15, 0.2) is 24.3 Å². The molecule has 2 unspecified atom stereocenters. The van der Waals surface area contributed by atoms with Gasteiger partial charge in [0.2, 0.25) is 5.91 Å². The van der Waals surface area contributed by atoms with Crippen LogP contribution in [-0.4, -0.2) is 35.6 Å². The Labute approximate surface area is 116 Å². The van der Waals surface area contributed by atoms with Gasteiger partial charge in [-0.2, -0.15) is 11.8 Å². The third-order valence-corrected chi connectivity index (χ3v) is 3.63. The molecule has 19 heavy (non-hydrogen) atoms. The summed E-state index contributed by atoms with van der Waals surface area (Å²) in [7, 11) is 1.53. The number of nitrogens with one attached hydrogen (secondary N) is 1. The number of carbonyl (C=O) groups is 2. The van der Waals surface area contributed by atoms with Gasteiger partial charge in [0, 0.05) is 0 Å². The van der Waals surface area contributed by atoms with Crippen LogP contribution in [0.1, 0.15) is 18.5 Å². The predicted octanol–water partition coefficient (Wildman–Crippen LogP) is 1.69. The topological polar surface area (TPSA) is 75.6 Å². The van der Waals surface area contributed by atoms with Crippen molar-refractivity contribution in [3.8, 4) is 5.75 Å². The Morgan fingerprint density at radius 1 is 1.32 bits per heavy atom. The molecule has 1 amide bonds. The van der Waals surface area contributed by atoms with Crippen LogP contribution in [0.25, 0.3) is 0 Å². The summed E-state index contributed by atoms with van der Waals surface area (Å²) in [6.45, 7) is 1.73. The molecule has 1 aromatic carbocycles. The lowest BCUT2D eigenvalue weighted by molar-refractivity contribution is -0.141. The molecule has 6 heteroatoms. The average Bonchev–Trinajstić information content (AvgIpc) is 2.43. The molecule has 1 aromatic rings. The van der Waals surface area contributed by atoms with E-state index in [2.05, 4.69) is 5.32 Å². The van der Waals surface area contributed by atoms with E-state index in [4.69, 9.17) is 4.74 Å². The molecule has 0 spiro atoms. The molecule has 0 bridgehead atoms. The normalized spacial score (nSPS) is 13.4. The largest absolute Gasteiger partial charge is 0.497 e. The standard InChI is InChI=1S/C13H17NO4S/c1-8(19-3)12(15)14-11(13(16)17)9-4-6-10(18-2)7-5-9/h4-8,11H,1-3H3,(H,14,15)(H,16,17). The number of carbonyl (C=O) groups excluding carboxylic acids is 1. The van der Waals surface area contributed by atoms with Crippen LogP contribution in [0.5, 0.6) is 5.75 Å². The number of carboxylic acids is 1. The van der Waals surface area contributed by atoms with Gasteiger partial charge in [-0.05, 0) is 30.9 Å². The monoisotopic (exact) mass is 283 g/mol. The van der Waals surface area contributed by atoms with Crippen molar-refractivity contribution >= 4 is 23.6 Å². The number of rotatable bonds is 6. The quantitative estimate of drug-likeness (QED) is 0.831. The average molecular weight is 283 g/mol. The SMILES string of the molecule is COc1ccc(C(NC(=O)C(C)SC)C(=O)O)cc1. The van der Waals surface area contributed by atoms with Gasteiger partial charge in [0.15, 0.2) is 6.04 Å². The summed E-state index contributed by atoms with van der Waals surface area (Å²) in [4.78, 5) is 23.0. The van der Waals surface area contributed by atoms with E-state index < -0.39 is 12.0 Å². The van der Waals surface area contributed by atoms with E-state index in [-0.39, 0.29) is 11.2 Å². The highest BCUT2D eigenvalue weighted by Gasteiger charge is 2.24.